The number of anilines is 1. The van der Waals surface area contributed by atoms with Crippen LogP contribution in [0.2, 0.25) is 0 Å². The van der Waals surface area contributed by atoms with Gasteiger partial charge in [-0.25, -0.2) is 9.78 Å². The molecule has 0 saturated carbocycles. The number of nitrogens with two attached hydrogens (primary N) is 1. The van der Waals surface area contributed by atoms with Crippen LogP contribution in [0.25, 0.3) is 11.3 Å². The average Bonchev–Trinajstić information content (AvgIpc) is 2.60. The van der Waals surface area contributed by atoms with Gasteiger partial charge in [-0.2, -0.15) is 0 Å². The molecule has 138 valence electrons. The van der Waals surface area contributed by atoms with Gasteiger partial charge >= 0.3 is 6.09 Å². The van der Waals surface area contributed by atoms with Crippen molar-refractivity contribution in [2.24, 2.45) is 0 Å². The Bertz CT molecular complexity index is 775. The second kappa shape index (κ2) is 7.36. The molecule has 1 fully saturated rings. The maximum Gasteiger partial charge on any atom is 0.410 e. The van der Waals surface area contributed by atoms with Crippen LogP contribution in [0.15, 0.2) is 42.5 Å². The predicted octanol–water partition coefficient (Wildman–Crippen LogP) is 4.45. The van der Waals surface area contributed by atoms with E-state index >= 15 is 0 Å². The molecule has 26 heavy (non-hydrogen) atoms. The van der Waals surface area contributed by atoms with Crippen molar-refractivity contribution in [1.82, 2.24) is 9.88 Å². The molecule has 1 saturated heterocycles. The van der Waals surface area contributed by atoms with E-state index in [1.807, 2.05) is 37.8 Å². The zero-order chi connectivity index (χ0) is 18.7. The van der Waals surface area contributed by atoms with E-state index in [-0.39, 0.29) is 6.09 Å². The Balaban J connectivity index is 1.67. The summed E-state index contributed by atoms with van der Waals surface area (Å²) in [5.41, 5.74) is 8.60. The van der Waals surface area contributed by atoms with E-state index in [0.717, 1.165) is 37.2 Å². The summed E-state index contributed by atoms with van der Waals surface area (Å²) in [6.45, 7) is 7.13. The van der Waals surface area contributed by atoms with Gasteiger partial charge in [-0.1, -0.05) is 24.3 Å². The second-order valence-corrected chi connectivity index (χ2v) is 7.81. The molecule has 0 spiro atoms. The highest BCUT2D eigenvalue weighted by molar-refractivity contribution is 5.68. The Morgan fingerprint density at radius 2 is 1.85 bits per heavy atom. The van der Waals surface area contributed by atoms with Crippen molar-refractivity contribution in [3.05, 3.63) is 48.0 Å². The molecule has 0 radical (unpaired) electrons. The van der Waals surface area contributed by atoms with Crippen molar-refractivity contribution < 1.29 is 9.53 Å². The first-order chi connectivity index (χ1) is 12.3. The molecule has 1 aromatic carbocycles. The van der Waals surface area contributed by atoms with E-state index in [1.54, 1.807) is 6.07 Å². The van der Waals surface area contributed by atoms with Crippen molar-refractivity contribution in [3.8, 4) is 11.3 Å². The molecule has 1 aliphatic rings. The molecule has 2 N–H and O–H groups in total. The number of nitrogens with zero attached hydrogens (tertiary/aromatic N) is 2. The SMILES string of the molecule is CC(C)(C)OC(=O)N1CCC(c2cccc(-c3cccc(N)n3)c2)CC1. The van der Waals surface area contributed by atoms with Crippen LogP contribution >= 0.6 is 0 Å². The van der Waals surface area contributed by atoms with Gasteiger partial charge in [0.1, 0.15) is 11.4 Å². The van der Waals surface area contributed by atoms with Crippen molar-refractivity contribution in [3.63, 3.8) is 0 Å². The molecule has 0 atom stereocenters. The van der Waals surface area contributed by atoms with E-state index < -0.39 is 5.60 Å². The van der Waals surface area contributed by atoms with E-state index in [2.05, 4.69) is 29.2 Å². The standard InChI is InChI=1S/C21H27N3O2/c1-21(2,3)26-20(25)24-12-10-15(11-13-24)16-6-4-7-17(14-16)18-8-5-9-19(22)23-18/h4-9,14-15H,10-13H2,1-3H3,(H2,22,23). The third-order valence-electron chi connectivity index (χ3n) is 4.57. The molecule has 5 nitrogen and oxygen atoms in total. The second-order valence-electron chi connectivity index (χ2n) is 7.81. The van der Waals surface area contributed by atoms with Gasteiger partial charge in [-0.15, -0.1) is 0 Å². The molecule has 2 heterocycles. The molecular weight excluding hydrogens is 326 g/mol. The fraction of sp³-hybridized carbons (Fsp3) is 0.429. The van der Waals surface area contributed by atoms with Crippen LogP contribution in [0.5, 0.6) is 0 Å². The maximum atomic E-state index is 12.2. The Morgan fingerprint density at radius 1 is 1.15 bits per heavy atom. The van der Waals surface area contributed by atoms with Crippen LogP contribution in [0.3, 0.4) is 0 Å². The molecule has 2 aromatic rings. The molecule has 0 unspecified atom stereocenters. The van der Waals surface area contributed by atoms with E-state index in [0.29, 0.717) is 11.7 Å². The topological polar surface area (TPSA) is 68.5 Å². The first-order valence-electron chi connectivity index (χ1n) is 9.12. The minimum absolute atomic E-state index is 0.214. The van der Waals surface area contributed by atoms with Crippen molar-refractivity contribution in [1.29, 1.82) is 0 Å². The molecular formula is C21H27N3O2. The Morgan fingerprint density at radius 3 is 2.50 bits per heavy atom. The number of aromatic nitrogens is 1. The van der Waals surface area contributed by atoms with Gasteiger partial charge in [-0.05, 0) is 63.3 Å². The first kappa shape index (κ1) is 18.2. The Hall–Kier alpha value is -2.56. The monoisotopic (exact) mass is 353 g/mol. The lowest BCUT2D eigenvalue weighted by molar-refractivity contribution is 0.0205. The minimum Gasteiger partial charge on any atom is -0.444 e. The number of hydrogen-bond acceptors (Lipinski definition) is 4. The number of piperidine rings is 1. The smallest absolute Gasteiger partial charge is 0.410 e. The molecule has 1 amide bonds. The van der Waals surface area contributed by atoms with Crippen LogP contribution in [0.1, 0.15) is 45.1 Å². The molecule has 1 aromatic heterocycles. The highest BCUT2D eigenvalue weighted by Crippen LogP contribution is 2.31. The summed E-state index contributed by atoms with van der Waals surface area (Å²) in [6.07, 6.45) is 1.66. The lowest BCUT2D eigenvalue weighted by Crippen LogP contribution is -2.41. The summed E-state index contributed by atoms with van der Waals surface area (Å²) >= 11 is 0. The summed E-state index contributed by atoms with van der Waals surface area (Å²) < 4.78 is 5.47. The number of carbonyl (C=O) groups is 1. The van der Waals surface area contributed by atoms with Gasteiger partial charge in [0.15, 0.2) is 0 Å². The van der Waals surface area contributed by atoms with Crippen molar-refractivity contribution in [2.45, 2.75) is 45.1 Å². The van der Waals surface area contributed by atoms with Crippen molar-refractivity contribution >= 4 is 11.9 Å². The van der Waals surface area contributed by atoms with E-state index in [1.165, 1.54) is 5.56 Å². The first-order valence-corrected chi connectivity index (χ1v) is 9.12. The van der Waals surface area contributed by atoms with Crippen LogP contribution in [0, 0.1) is 0 Å². The van der Waals surface area contributed by atoms with Gasteiger partial charge in [0.2, 0.25) is 0 Å². The molecule has 5 heteroatoms. The predicted molar refractivity (Wildman–Crippen MR) is 104 cm³/mol. The number of rotatable bonds is 2. The Kier molecular flexibility index (Phi) is 5.16. The summed E-state index contributed by atoms with van der Waals surface area (Å²) in [6, 6.07) is 14.2. The van der Waals surface area contributed by atoms with Gasteiger partial charge in [-0.3, -0.25) is 0 Å². The third-order valence-corrected chi connectivity index (χ3v) is 4.57. The number of benzene rings is 1. The number of pyridine rings is 1. The highest BCUT2D eigenvalue weighted by Gasteiger charge is 2.27. The highest BCUT2D eigenvalue weighted by atomic mass is 16.6. The average molecular weight is 353 g/mol. The van der Waals surface area contributed by atoms with Gasteiger partial charge < -0.3 is 15.4 Å². The largest absolute Gasteiger partial charge is 0.444 e. The molecule has 0 bridgehead atoms. The lowest BCUT2D eigenvalue weighted by atomic mass is 9.88. The number of amides is 1. The van der Waals surface area contributed by atoms with Gasteiger partial charge in [0, 0.05) is 18.7 Å². The number of nitrogen functional groups attached to an aromatic ring is 1. The molecule has 1 aliphatic heterocycles. The summed E-state index contributed by atoms with van der Waals surface area (Å²) in [4.78, 5) is 18.4. The number of carbonyl (C=O) groups excluding carboxylic acids is 1. The van der Waals surface area contributed by atoms with Crippen LogP contribution in [-0.4, -0.2) is 34.7 Å². The number of hydrogen-bond donors (Lipinski definition) is 1. The van der Waals surface area contributed by atoms with Gasteiger partial charge in [0.05, 0.1) is 5.69 Å². The summed E-state index contributed by atoms with van der Waals surface area (Å²) in [5, 5.41) is 0. The van der Waals surface area contributed by atoms with Crippen LogP contribution in [-0.2, 0) is 4.74 Å². The van der Waals surface area contributed by atoms with Crippen LogP contribution < -0.4 is 5.73 Å². The number of likely N-dealkylation sites (tertiary alicyclic amines) is 1. The maximum absolute atomic E-state index is 12.2. The van der Waals surface area contributed by atoms with Crippen LogP contribution in [0.4, 0.5) is 10.6 Å². The zero-order valence-electron chi connectivity index (χ0n) is 15.7. The van der Waals surface area contributed by atoms with Gasteiger partial charge in [0.25, 0.3) is 0 Å². The summed E-state index contributed by atoms with van der Waals surface area (Å²) in [5.74, 6) is 0.966. The fourth-order valence-corrected chi connectivity index (χ4v) is 3.29. The van der Waals surface area contributed by atoms with E-state index in [4.69, 9.17) is 10.5 Å². The quantitative estimate of drug-likeness (QED) is 0.866. The normalized spacial score (nSPS) is 15.7. The molecule has 3 rings (SSSR count). The number of ether oxygens (including phenoxy) is 1. The fourth-order valence-electron chi connectivity index (χ4n) is 3.29. The lowest BCUT2D eigenvalue weighted by Gasteiger charge is -2.33. The third kappa shape index (κ3) is 4.54. The Labute approximate surface area is 155 Å². The van der Waals surface area contributed by atoms with E-state index in [9.17, 15) is 4.79 Å². The van der Waals surface area contributed by atoms with Crippen molar-refractivity contribution in [2.75, 3.05) is 18.8 Å². The summed E-state index contributed by atoms with van der Waals surface area (Å²) in [7, 11) is 0. The molecule has 0 aliphatic carbocycles. The minimum atomic E-state index is -0.452. The zero-order valence-corrected chi connectivity index (χ0v) is 15.7.